The zero-order valence-corrected chi connectivity index (χ0v) is 14.3. The maximum absolute atomic E-state index is 12.5. The van der Waals surface area contributed by atoms with E-state index in [4.69, 9.17) is 4.52 Å². The number of aryl methyl sites for hydroxylation is 2. The average Bonchev–Trinajstić information content (AvgIpc) is 3.00. The monoisotopic (exact) mass is 347 g/mol. The van der Waals surface area contributed by atoms with Crippen LogP contribution in [0.1, 0.15) is 48.2 Å². The van der Waals surface area contributed by atoms with E-state index in [0.717, 1.165) is 12.8 Å². The molecule has 2 aromatic rings. The molecule has 1 atom stereocenters. The predicted octanol–water partition coefficient (Wildman–Crippen LogP) is 0.402. The van der Waals surface area contributed by atoms with Gasteiger partial charge in [-0.2, -0.15) is 4.98 Å². The fraction of sp³-hybridized carbons (Fsp3) is 0.562. The lowest BCUT2D eigenvalue weighted by molar-refractivity contribution is -0.132. The molecule has 1 aliphatic heterocycles. The lowest BCUT2D eigenvalue weighted by Gasteiger charge is -2.31. The highest BCUT2D eigenvalue weighted by atomic mass is 16.5. The minimum atomic E-state index is -0.536. The van der Waals surface area contributed by atoms with Crippen molar-refractivity contribution < 1.29 is 9.32 Å². The van der Waals surface area contributed by atoms with E-state index >= 15 is 0 Å². The molecule has 3 heterocycles. The number of hydrogen-bond acceptors (Lipinski definition) is 6. The van der Waals surface area contributed by atoms with Gasteiger partial charge in [0.05, 0.1) is 5.92 Å². The third-order valence-corrected chi connectivity index (χ3v) is 4.51. The number of carbonyl (C=O) groups excluding carboxylic acids is 1. The fourth-order valence-electron chi connectivity index (χ4n) is 3.20. The Labute approximate surface area is 143 Å². The van der Waals surface area contributed by atoms with Crippen LogP contribution in [-0.2, 0) is 11.2 Å². The van der Waals surface area contributed by atoms with Gasteiger partial charge in [0.15, 0.2) is 5.82 Å². The molecule has 1 amide bonds. The summed E-state index contributed by atoms with van der Waals surface area (Å²) >= 11 is 0. The molecule has 134 valence electrons. The second-order valence-electron chi connectivity index (χ2n) is 6.37. The number of likely N-dealkylation sites (tertiary alicyclic amines) is 1. The first-order valence-electron chi connectivity index (χ1n) is 8.34. The Kier molecular flexibility index (Phi) is 4.82. The lowest BCUT2D eigenvalue weighted by Crippen LogP contribution is -2.39. The summed E-state index contributed by atoms with van der Waals surface area (Å²) in [6.45, 7) is 4.65. The Bertz CT molecular complexity index is 881. The van der Waals surface area contributed by atoms with E-state index in [-0.39, 0.29) is 24.7 Å². The minimum Gasteiger partial charge on any atom is -0.342 e. The van der Waals surface area contributed by atoms with Crippen molar-refractivity contribution in [2.45, 2.75) is 45.4 Å². The van der Waals surface area contributed by atoms with E-state index in [1.807, 2.05) is 0 Å². The first kappa shape index (κ1) is 17.1. The molecule has 2 aromatic heterocycles. The van der Waals surface area contributed by atoms with Gasteiger partial charge in [0.25, 0.3) is 5.56 Å². The van der Waals surface area contributed by atoms with Crippen molar-refractivity contribution in [1.82, 2.24) is 25.0 Å². The van der Waals surface area contributed by atoms with Gasteiger partial charge < -0.3 is 14.4 Å². The summed E-state index contributed by atoms with van der Waals surface area (Å²) in [6.07, 6.45) is 2.28. The number of hydrogen-bond donors (Lipinski definition) is 2. The number of nitrogens with zero attached hydrogens (tertiary/aromatic N) is 3. The second-order valence-corrected chi connectivity index (χ2v) is 6.37. The Morgan fingerprint density at radius 1 is 1.32 bits per heavy atom. The number of aromatic nitrogens is 4. The summed E-state index contributed by atoms with van der Waals surface area (Å²) < 4.78 is 5.23. The Morgan fingerprint density at radius 3 is 2.80 bits per heavy atom. The van der Waals surface area contributed by atoms with Crippen LogP contribution >= 0.6 is 0 Å². The van der Waals surface area contributed by atoms with Crippen molar-refractivity contribution in [2.24, 2.45) is 0 Å². The SMILES string of the molecule is Cc1noc([C@H]2CCCN(C(=O)CCc3c(C)[nH]c(=O)[nH]c3=O)C2)n1. The van der Waals surface area contributed by atoms with Gasteiger partial charge in [0.2, 0.25) is 11.8 Å². The molecule has 9 heteroatoms. The zero-order valence-electron chi connectivity index (χ0n) is 14.3. The van der Waals surface area contributed by atoms with Crippen LogP contribution in [-0.4, -0.2) is 44.0 Å². The molecule has 0 unspecified atom stereocenters. The highest BCUT2D eigenvalue weighted by molar-refractivity contribution is 5.76. The standard InChI is InChI=1S/C16H21N5O4/c1-9-12(14(23)19-16(24)17-9)5-6-13(22)21-7-3-4-11(8-21)15-18-10(2)20-25-15/h11H,3-8H2,1-2H3,(H2,17,19,23,24)/t11-/m0/s1. The first-order chi connectivity index (χ1) is 11.9. The van der Waals surface area contributed by atoms with Crippen LogP contribution in [0.15, 0.2) is 14.1 Å². The molecular formula is C16H21N5O4. The maximum Gasteiger partial charge on any atom is 0.325 e. The van der Waals surface area contributed by atoms with Crippen LogP contribution < -0.4 is 11.2 Å². The summed E-state index contributed by atoms with van der Waals surface area (Å²) in [5.41, 5.74) is -0.0355. The van der Waals surface area contributed by atoms with Crippen LogP contribution in [0.5, 0.6) is 0 Å². The molecule has 25 heavy (non-hydrogen) atoms. The van der Waals surface area contributed by atoms with Gasteiger partial charge in [0, 0.05) is 30.8 Å². The molecule has 0 aromatic carbocycles. The van der Waals surface area contributed by atoms with Crippen LogP contribution in [0, 0.1) is 13.8 Å². The molecule has 0 saturated carbocycles. The van der Waals surface area contributed by atoms with Crippen molar-refractivity contribution in [3.05, 3.63) is 43.8 Å². The van der Waals surface area contributed by atoms with Gasteiger partial charge in [-0.1, -0.05) is 5.16 Å². The molecule has 3 rings (SSSR count). The summed E-state index contributed by atoms with van der Waals surface area (Å²) in [5.74, 6) is 1.19. The number of nitrogens with one attached hydrogen (secondary N) is 2. The first-order valence-corrected chi connectivity index (χ1v) is 8.34. The molecule has 0 radical (unpaired) electrons. The van der Waals surface area contributed by atoms with Crippen LogP contribution in [0.25, 0.3) is 0 Å². The number of H-pyrrole nitrogens is 2. The number of amides is 1. The highest BCUT2D eigenvalue weighted by Gasteiger charge is 2.28. The van der Waals surface area contributed by atoms with Crippen molar-refractivity contribution >= 4 is 5.91 Å². The largest absolute Gasteiger partial charge is 0.342 e. The molecular weight excluding hydrogens is 326 g/mol. The maximum atomic E-state index is 12.5. The van der Waals surface area contributed by atoms with Crippen LogP contribution in [0.3, 0.4) is 0 Å². The number of carbonyl (C=O) groups is 1. The van der Waals surface area contributed by atoms with E-state index in [1.165, 1.54) is 0 Å². The molecule has 0 spiro atoms. The molecule has 2 N–H and O–H groups in total. The minimum absolute atomic E-state index is 0.0223. The smallest absolute Gasteiger partial charge is 0.325 e. The lowest BCUT2D eigenvalue weighted by atomic mass is 9.97. The zero-order chi connectivity index (χ0) is 18.0. The third kappa shape index (κ3) is 3.86. The predicted molar refractivity (Wildman–Crippen MR) is 88.3 cm³/mol. The van der Waals surface area contributed by atoms with Gasteiger partial charge >= 0.3 is 5.69 Å². The van der Waals surface area contributed by atoms with Crippen LogP contribution in [0.2, 0.25) is 0 Å². The summed E-state index contributed by atoms with van der Waals surface area (Å²) in [6, 6.07) is 0. The van der Waals surface area contributed by atoms with Crippen molar-refractivity contribution in [3.8, 4) is 0 Å². The fourth-order valence-corrected chi connectivity index (χ4v) is 3.20. The van der Waals surface area contributed by atoms with E-state index in [0.29, 0.717) is 36.1 Å². The van der Waals surface area contributed by atoms with E-state index in [2.05, 4.69) is 20.1 Å². The number of rotatable bonds is 4. The second kappa shape index (κ2) is 7.04. The van der Waals surface area contributed by atoms with Gasteiger partial charge in [-0.25, -0.2) is 4.79 Å². The quantitative estimate of drug-likeness (QED) is 0.825. The van der Waals surface area contributed by atoms with E-state index in [1.54, 1.807) is 18.7 Å². The van der Waals surface area contributed by atoms with Crippen molar-refractivity contribution in [1.29, 1.82) is 0 Å². The summed E-state index contributed by atoms with van der Waals surface area (Å²) in [5, 5.41) is 3.81. The van der Waals surface area contributed by atoms with Gasteiger partial charge in [0.1, 0.15) is 0 Å². The average molecular weight is 347 g/mol. The van der Waals surface area contributed by atoms with Crippen molar-refractivity contribution in [2.75, 3.05) is 13.1 Å². The number of piperidine rings is 1. The molecule has 1 aliphatic rings. The number of aromatic amines is 2. The molecule has 9 nitrogen and oxygen atoms in total. The Morgan fingerprint density at radius 2 is 2.12 bits per heavy atom. The third-order valence-electron chi connectivity index (χ3n) is 4.51. The molecule has 1 saturated heterocycles. The molecule has 0 aliphatic carbocycles. The van der Waals surface area contributed by atoms with E-state index < -0.39 is 11.2 Å². The van der Waals surface area contributed by atoms with Crippen molar-refractivity contribution in [3.63, 3.8) is 0 Å². The Balaban J connectivity index is 1.63. The van der Waals surface area contributed by atoms with Gasteiger partial charge in [-0.3, -0.25) is 14.6 Å². The topological polar surface area (TPSA) is 125 Å². The van der Waals surface area contributed by atoms with Crippen LogP contribution in [0.4, 0.5) is 0 Å². The summed E-state index contributed by atoms with van der Waals surface area (Å²) in [7, 11) is 0. The normalized spacial score (nSPS) is 17.7. The van der Waals surface area contributed by atoms with Gasteiger partial charge in [-0.05, 0) is 33.1 Å². The van der Waals surface area contributed by atoms with E-state index in [9.17, 15) is 14.4 Å². The summed E-state index contributed by atoms with van der Waals surface area (Å²) in [4.78, 5) is 46.4. The molecule has 0 bridgehead atoms. The van der Waals surface area contributed by atoms with Gasteiger partial charge in [-0.15, -0.1) is 0 Å². The Hall–Kier alpha value is -2.71. The molecule has 1 fully saturated rings. The highest BCUT2D eigenvalue weighted by Crippen LogP contribution is 2.26.